The third-order valence-electron chi connectivity index (χ3n) is 3.30. The molecule has 2 N–H and O–H groups in total. The van der Waals surface area contributed by atoms with E-state index in [1.54, 1.807) is 7.11 Å². The van der Waals surface area contributed by atoms with E-state index in [9.17, 15) is 4.79 Å². The molecule has 5 heteroatoms. The number of nitrogens with one attached hydrogen (secondary N) is 2. The molecule has 4 nitrogen and oxygen atoms in total. The van der Waals surface area contributed by atoms with Gasteiger partial charge in [0.05, 0.1) is 12.8 Å². The Labute approximate surface area is 139 Å². The summed E-state index contributed by atoms with van der Waals surface area (Å²) in [5.74, 6) is 0.521. The monoisotopic (exact) mass is 362 g/mol. The fourth-order valence-electron chi connectivity index (χ4n) is 2.04. The average molecular weight is 363 g/mol. The zero-order valence-corrected chi connectivity index (χ0v) is 14.4. The van der Waals surface area contributed by atoms with E-state index in [2.05, 4.69) is 26.6 Å². The molecular weight excluding hydrogens is 344 g/mol. The van der Waals surface area contributed by atoms with Crippen LogP contribution in [0.4, 0.5) is 11.4 Å². The van der Waals surface area contributed by atoms with Crippen molar-refractivity contribution >= 4 is 33.2 Å². The fraction of sp³-hybridized carbons (Fsp3) is 0.235. The van der Waals surface area contributed by atoms with Gasteiger partial charge in [0.15, 0.2) is 0 Å². The summed E-state index contributed by atoms with van der Waals surface area (Å²) in [6, 6.07) is 12.9. The molecule has 0 radical (unpaired) electrons. The Bertz CT molecular complexity index is 673. The SMILES string of the molecule is COc1ccccc1NC(=O)[C@H](C)Nc1ccc(Br)c(C)c1. The summed E-state index contributed by atoms with van der Waals surface area (Å²) in [6.45, 7) is 3.83. The molecule has 1 atom stereocenters. The molecule has 0 fully saturated rings. The number of hydrogen-bond acceptors (Lipinski definition) is 3. The molecule has 1 amide bonds. The number of halogens is 1. The minimum atomic E-state index is -0.370. The van der Waals surface area contributed by atoms with E-state index in [4.69, 9.17) is 4.74 Å². The van der Waals surface area contributed by atoms with Crippen molar-refractivity contribution in [3.05, 3.63) is 52.5 Å². The van der Waals surface area contributed by atoms with E-state index in [0.717, 1.165) is 15.7 Å². The second-order valence-electron chi connectivity index (χ2n) is 5.02. The van der Waals surface area contributed by atoms with Crippen LogP contribution in [-0.2, 0) is 4.79 Å². The Kier molecular flexibility index (Phi) is 5.44. The summed E-state index contributed by atoms with van der Waals surface area (Å²) >= 11 is 3.46. The Morgan fingerprint density at radius 1 is 1.23 bits per heavy atom. The van der Waals surface area contributed by atoms with E-state index >= 15 is 0 Å². The molecule has 2 aromatic carbocycles. The first-order valence-electron chi connectivity index (χ1n) is 6.98. The summed E-state index contributed by atoms with van der Waals surface area (Å²) in [4.78, 5) is 12.3. The van der Waals surface area contributed by atoms with Gasteiger partial charge in [0.1, 0.15) is 11.8 Å². The van der Waals surface area contributed by atoms with Gasteiger partial charge in [-0.3, -0.25) is 4.79 Å². The van der Waals surface area contributed by atoms with Crippen molar-refractivity contribution in [2.45, 2.75) is 19.9 Å². The van der Waals surface area contributed by atoms with E-state index < -0.39 is 0 Å². The van der Waals surface area contributed by atoms with Gasteiger partial charge in [-0.2, -0.15) is 0 Å². The number of methoxy groups -OCH3 is 1. The lowest BCUT2D eigenvalue weighted by atomic mass is 10.2. The highest BCUT2D eigenvalue weighted by Gasteiger charge is 2.14. The predicted molar refractivity (Wildman–Crippen MR) is 93.6 cm³/mol. The van der Waals surface area contributed by atoms with Crippen molar-refractivity contribution < 1.29 is 9.53 Å². The van der Waals surface area contributed by atoms with Crippen LogP contribution in [0.2, 0.25) is 0 Å². The Hall–Kier alpha value is -2.01. The van der Waals surface area contributed by atoms with Crippen LogP contribution >= 0.6 is 15.9 Å². The van der Waals surface area contributed by atoms with Gasteiger partial charge in [0.2, 0.25) is 5.91 Å². The maximum absolute atomic E-state index is 12.3. The standard InChI is InChI=1S/C17H19BrN2O2/c1-11-10-13(8-9-14(11)18)19-12(2)17(21)20-15-6-4-5-7-16(15)22-3/h4-10,12,19H,1-3H3,(H,20,21)/t12-/m0/s1. The second kappa shape index (κ2) is 7.31. The van der Waals surface area contributed by atoms with Crippen LogP contribution in [0.15, 0.2) is 46.9 Å². The van der Waals surface area contributed by atoms with Gasteiger partial charge in [0, 0.05) is 10.2 Å². The molecule has 0 bridgehead atoms. The summed E-state index contributed by atoms with van der Waals surface area (Å²) in [7, 11) is 1.58. The zero-order chi connectivity index (χ0) is 16.1. The molecule has 0 aliphatic rings. The van der Waals surface area contributed by atoms with E-state index in [-0.39, 0.29) is 11.9 Å². The van der Waals surface area contributed by atoms with E-state index in [1.807, 2.05) is 56.3 Å². The van der Waals surface area contributed by atoms with Crippen molar-refractivity contribution in [2.24, 2.45) is 0 Å². The number of carbonyl (C=O) groups excluding carboxylic acids is 1. The molecule has 0 heterocycles. The number of aryl methyl sites for hydroxylation is 1. The molecule has 0 spiro atoms. The fourth-order valence-corrected chi connectivity index (χ4v) is 2.29. The third kappa shape index (κ3) is 4.01. The van der Waals surface area contributed by atoms with Gasteiger partial charge in [-0.1, -0.05) is 28.1 Å². The number of anilines is 2. The number of benzene rings is 2. The van der Waals surface area contributed by atoms with E-state index in [0.29, 0.717) is 11.4 Å². The molecule has 22 heavy (non-hydrogen) atoms. The second-order valence-corrected chi connectivity index (χ2v) is 5.87. The maximum atomic E-state index is 12.3. The average Bonchev–Trinajstić information content (AvgIpc) is 2.51. The summed E-state index contributed by atoms with van der Waals surface area (Å²) in [5.41, 5.74) is 2.68. The van der Waals surface area contributed by atoms with Gasteiger partial charge in [-0.25, -0.2) is 0 Å². The van der Waals surface area contributed by atoms with Gasteiger partial charge < -0.3 is 15.4 Å². The van der Waals surface area contributed by atoms with Crippen molar-refractivity contribution in [1.82, 2.24) is 0 Å². The van der Waals surface area contributed by atoms with Crippen LogP contribution in [-0.4, -0.2) is 19.1 Å². The maximum Gasteiger partial charge on any atom is 0.246 e. The molecule has 0 unspecified atom stereocenters. The van der Waals surface area contributed by atoms with Crippen molar-refractivity contribution in [1.29, 1.82) is 0 Å². The largest absolute Gasteiger partial charge is 0.495 e. The number of carbonyl (C=O) groups is 1. The number of amides is 1. The number of para-hydroxylation sites is 2. The lowest BCUT2D eigenvalue weighted by Gasteiger charge is -2.17. The number of rotatable bonds is 5. The smallest absolute Gasteiger partial charge is 0.246 e. The molecule has 0 aliphatic carbocycles. The van der Waals surface area contributed by atoms with Crippen LogP contribution < -0.4 is 15.4 Å². The highest BCUT2D eigenvalue weighted by atomic mass is 79.9. The van der Waals surface area contributed by atoms with Gasteiger partial charge in [0.25, 0.3) is 0 Å². The molecule has 0 aromatic heterocycles. The molecule has 2 rings (SSSR count). The van der Waals surface area contributed by atoms with Crippen LogP contribution in [0.1, 0.15) is 12.5 Å². The third-order valence-corrected chi connectivity index (χ3v) is 4.19. The van der Waals surface area contributed by atoms with Crippen LogP contribution in [0.3, 0.4) is 0 Å². The first kappa shape index (κ1) is 16.4. The lowest BCUT2D eigenvalue weighted by molar-refractivity contribution is -0.116. The summed E-state index contributed by atoms with van der Waals surface area (Å²) in [6.07, 6.45) is 0. The van der Waals surface area contributed by atoms with Crippen molar-refractivity contribution in [2.75, 3.05) is 17.7 Å². The molecule has 0 saturated heterocycles. The van der Waals surface area contributed by atoms with Crippen molar-refractivity contribution in [3.63, 3.8) is 0 Å². The molecular formula is C17H19BrN2O2. The summed E-state index contributed by atoms with van der Waals surface area (Å²) in [5, 5.41) is 6.07. The quantitative estimate of drug-likeness (QED) is 0.837. The molecule has 116 valence electrons. The van der Waals surface area contributed by atoms with Gasteiger partial charge in [-0.05, 0) is 49.7 Å². The molecule has 0 aliphatic heterocycles. The van der Waals surface area contributed by atoms with Crippen LogP contribution in [0.25, 0.3) is 0 Å². The van der Waals surface area contributed by atoms with Crippen molar-refractivity contribution in [3.8, 4) is 5.75 Å². The highest BCUT2D eigenvalue weighted by molar-refractivity contribution is 9.10. The Morgan fingerprint density at radius 2 is 1.95 bits per heavy atom. The topological polar surface area (TPSA) is 50.4 Å². The number of ether oxygens (including phenoxy) is 1. The molecule has 0 saturated carbocycles. The zero-order valence-electron chi connectivity index (χ0n) is 12.8. The molecule has 2 aromatic rings. The first-order chi connectivity index (χ1) is 10.5. The predicted octanol–water partition coefficient (Wildman–Crippen LogP) is 4.21. The Balaban J connectivity index is 2.04. The minimum absolute atomic E-state index is 0.120. The van der Waals surface area contributed by atoms with Crippen LogP contribution in [0, 0.1) is 6.92 Å². The summed E-state index contributed by atoms with van der Waals surface area (Å²) < 4.78 is 6.28. The van der Waals surface area contributed by atoms with E-state index in [1.165, 1.54) is 0 Å². The number of hydrogen-bond donors (Lipinski definition) is 2. The first-order valence-corrected chi connectivity index (χ1v) is 7.77. The van der Waals surface area contributed by atoms with Gasteiger partial charge in [-0.15, -0.1) is 0 Å². The van der Waals surface area contributed by atoms with Crippen LogP contribution in [0.5, 0.6) is 5.75 Å². The highest BCUT2D eigenvalue weighted by Crippen LogP contribution is 2.24. The Morgan fingerprint density at radius 3 is 2.64 bits per heavy atom. The minimum Gasteiger partial charge on any atom is -0.495 e. The lowest BCUT2D eigenvalue weighted by Crippen LogP contribution is -2.32. The van der Waals surface area contributed by atoms with Gasteiger partial charge >= 0.3 is 0 Å². The normalized spacial score (nSPS) is 11.6.